The van der Waals surface area contributed by atoms with Gasteiger partial charge in [0, 0.05) is 17.8 Å². The van der Waals surface area contributed by atoms with Gasteiger partial charge >= 0.3 is 6.55 Å². The molecule has 27 heavy (non-hydrogen) atoms. The Balaban J connectivity index is 1.68. The second kappa shape index (κ2) is 7.83. The van der Waals surface area contributed by atoms with Crippen molar-refractivity contribution >= 4 is 29.2 Å². The molecule has 1 aromatic carbocycles. The molecule has 1 aliphatic carbocycles. The van der Waals surface area contributed by atoms with Crippen molar-refractivity contribution in [2.24, 2.45) is 10.7 Å². The number of rotatable bonds is 5. The molecule has 0 spiro atoms. The fourth-order valence-corrected chi connectivity index (χ4v) is 2.63. The number of aromatic nitrogens is 1. The first-order chi connectivity index (χ1) is 12.8. The second-order valence-corrected chi connectivity index (χ2v) is 6.23. The van der Waals surface area contributed by atoms with Gasteiger partial charge in [-0.25, -0.2) is 9.37 Å². The average molecular weight is 399 g/mol. The molecule has 2 atom stereocenters. The standard InChI is InChI=1S/C17H14ClF3N4O2/c18-8-1-4-13(23-7-8)15(26)24-9-2-3-12(19)10(5-9)11-6-14(11)27-17(22)25-16(20)21/h1-5,7,11,14,16H,6H2,(H2,22,25)(H,24,26)/t11-,14-/m1/s1. The zero-order chi connectivity index (χ0) is 19.6. The van der Waals surface area contributed by atoms with Gasteiger partial charge in [0.25, 0.3) is 11.9 Å². The van der Waals surface area contributed by atoms with Gasteiger partial charge in [-0.3, -0.25) is 4.79 Å². The smallest absolute Gasteiger partial charge is 0.336 e. The van der Waals surface area contributed by atoms with E-state index in [1.54, 1.807) is 0 Å². The molecule has 1 fully saturated rings. The van der Waals surface area contributed by atoms with E-state index in [2.05, 4.69) is 15.3 Å². The monoisotopic (exact) mass is 398 g/mol. The fourth-order valence-electron chi connectivity index (χ4n) is 2.52. The van der Waals surface area contributed by atoms with Crippen molar-refractivity contribution < 1.29 is 22.7 Å². The van der Waals surface area contributed by atoms with Crippen LogP contribution in [0.2, 0.25) is 5.02 Å². The van der Waals surface area contributed by atoms with Crippen molar-refractivity contribution in [2.45, 2.75) is 25.0 Å². The Morgan fingerprint density at radius 2 is 2.15 bits per heavy atom. The van der Waals surface area contributed by atoms with Gasteiger partial charge in [-0.15, -0.1) is 0 Å². The maximum absolute atomic E-state index is 14.1. The highest BCUT2D eigenvalue weighted by Gasteiger charge is 2.43. The Hall–Kier alpha value is -2.81. The summed E-state index contributed by atoms with van der Waals surface area (Å²) in [5.41, 5.74) is 6.03. The van der Waals surface area contributed by atoms with Gasteiger partial charge in [0.2, 0.25) is 0 Å². The van der Waals surface area contributed by atoms with Gasteiger partial charge in [-0.2, -0.15) is 13.8 Å². The molecule has 3 rings (SSSR count). The van der Waals surface area contributed by atoms with Gasteiger partial charge in [0.05, 0.1) is 5.02 Å². The molecule has 6 nitrogen and oxygen atoms in total. The Kier molecular flexibility index (Phi) is 5.50. The van der Waals surface area contributed by atoms with Gasteiger partial charge in [0.15, 0.2) is 0 Å². The number of ether oxygens (including phenoxy) is 1. The zero-order valence-corrected chi connectivity index (χ0v) is 14.5. The normalized spacial score (nSPS) is 19.1. The van der Waals surface area contributed by atoms with Crippen molar-refractivity contribution in [2.75, 3.05) is 5.32 Å². The highest BCUT2D eigenvalue weighted by Crippen LogP contribution is 2.45. The number of hydrogen-bond acceptors (Lipinski definition) is 4. The van der Waals surface area contributed by atoms with Crippen LogP contribution >= 0.6 is 11.6 Å². The lowest BCUT2D eigenvalue weighted by Gasteiger charge is -2.09. The number of carbonyl (C=O) groups excluding carboxylic acids is 1. The SMILES string of the molecule is N/C(=N/C(F)F)O[C@@H]1C[C@@H]1c1cc(NC(=O)c2ccc(Cl)cn2)ccc1F. The highest BCUT2D eigenvalue weighted by molar-refractivity contribution is 6.30. The van der Waals surface area contributed by atoms with Crippen LogP contribution in [-0.2, 0) is 4.74 Å². The lowest BCUT2D eigenvalue weighted by atomic mass is 10.1. The lowest BCUT2D eigenvalue weighted by molar-refractivity contribution is 0.102. The Morgan fingerprint density at radius 3 is 2.81 bits per heavy atom. The minimum absolute atomic E-state index is 0.147. The van der Waals surface area contributed by atoms with E-state index in [0.29, 0.717) is 17.1 Å². The second-order valence-electron chi connectivity index (χ2n) is 5.80. The molecule has 10 heteroatoms. The van der Waals surface area contributed by atoms with Gasteiger partial charge in [0.1, 0.15) is 17.6 Å². The van der Waals surface area contributed by atoms with E-state index in [1.807, 2.05) is 0 Å². The summed E-state index contributed by atoms with van der Waals surface area (Å²) in [4.78, 5) is 18.9. The van der Waals surface area contributed by atoms with Crippen LogP contribution in [0.3, 0.4) is 0 Å². The lowest BCUT2D eigenvalue weighted by Crippen LogP contribution is -2.19. The maximum Gasteiger partial charge on any atom is 0.336 e. The van der Waals surface area contributed by atoms with E-state index >= 15 is 0 Å². The first-order valence-corrected chi connectivity index (χ1v) is 8.21. The summed E-state index contributed by atoms with van der Waals surface area (Å²) in [6.45, 7) is -2.97. The first-order valence-electron chi connectivity index (χ1n) is 7.84. The molecule has 0 saturated heterocycles. The third-order valence-corrected chi connectivity index (χ3v) is 4.07. The predicted octanol–water partition coefficient (Wildman–Crippen LogP) is 3.54. The van der Waals surface area contributed by atoms with Crippen molar-refractivity contribution in [1.29, 1.82) is 0 Å². The molecule has 0 aliphatic heterocycles. The number of amidine groups is 1. The van der Waals surface area contributed by atoms with Crippen molar-refractivity contribution in [3.05, 3.63) is 58.6 Å². The minimum Gasteiger partial charge on any atom is -0.461 e. The van der Waals surface area contributed by atoms with Gasteiger partial charge in [-0.05, 0) is 42.3 Å². The number of hydrogen-bond donors (Lipinski definition) is 2. The number of nitrogens with zero attached hydrogens (tertiary/aromatic N) is 2. The Labute approximate surface area is 157 Å². The molecule has 1 aromatic heterocycles. The Bertz CT molecular complexity index is 877. The molecule has 1 aliphatic rings. The summed E-state index contributed by atoms with van der Waals surface area (Å²) >= 11 is 5.73. The van der Waals surface area contributed by atoms with Crippen LogP contribution in [0, 0.1) is 5.82 Å². The topological polar surface area (TPSA) is 89.6 Å². The van der Waals surface area contributed by atoms with E-state index in [0.717, 1.165) is 0 Å². The van der Waals surface area contributed by atoms with Crippen LogP contribution in [-0.4, -0.2) is 29.6 Å². The van der Waals surface area contributed by atoms with Gasteiger partial charge in [-0.1, -0.05) is 11.6 Å². The van der Waals surface area contributed by atoms with Crippen LogP contribution in [0.15, 0.2) is 41.5 Å². The molecule has 2 aromatic rings. The number of anilines is 1. The third-order valence-electron chi connectivity index (χ3n) is 3.84. The summed E-state index contributed by atoms with van der Waals surface area (Å²) in [6.07, 6.45) is 1.18. The summed E-state index contributed by atoms with van der Waals surface area (Å²) in [7, 11) is 0. The minimum atomic E-state index is -2.97. The summed E-state index contributed by atoms with van der Waals surface area (Å²) in [6, 6.07) is 6.40. The summed E-state index contributed by atoms with van der Waals surface area (Å²) in [5.74, 6) is -1.36. The molecular weight excluding hydrogens is 385 g/mol. The zero-order valence-electron chi connectivity index (χ0n) is 13.7. The molecule has 142 valence electrons. The van der Waals surface area contributed by atoms with E-state index in [-0.39, 0.29) is 17.2 Å². The maximum atomic E-state index is 14.1. The molecule has 0 bridgehead atoms. The van der Waals surface area contributed by atoms with E-state index < -0.39 is 30.4 Å². The average Bonchev–Trinajstić information content (AvgIpc) is 3.35. The Morgan fingerprint density at radius 1 is 1.37 bits per heavy atom. The van der Waals surface area contributed by atoms with E-state index in [1.165, 1.54) is 36.5 Å². The van der Waals surface area contributed by atoms with Crippen LogP contribution < -0.4 is 11.1 Å². The number of aliphatic imine (C=N–C) groups is 1. The van der Waals surface area contributed by atoms with Crippen molar-refractivity contribution in [1.82, 2.24) is 4.98 Å². The quantitative estimate of drug-likeness (QED) is 0.458. The number of nitrogens with one attached hydrogen (secondary N) is 1. The third kappa shape index (κ3) is 4.88. The van der Waals surface area contributed by atoms with Crippen LogP contribution in [0.4, 0.5) is 18.9 Å². The molecule has 0 radical (unpaired) electrons. The molecule has 1 saturated carbocycles. The number of nitrogens with two attached hydrogens (primary N) is 1. The van der Waals surface area contributed by atoms with E-state index in [4.69, 9.17) is 22.1 Å². The first kappa shape index (κ1) is 19.0. The molecule has 3 N–H and O–H groups in total. The van der Waals surface area contributed by atoms with Crippen molar-refractivity contribution in [3.63, 3.8) is 0 Å². The molecule has 1 heterocycles. The largest absolute Gasteiger partial charge is 0.461 e. The number of carbonyl (C=O) groups is 1. The molecule has 0 unspecified atom stereocenters. The van der Waals surface area contributed by atoms with Crippen LogP contribution in [0.25, 0.3) is 0 Å². The summed E-state index contributed by atoms with van der Waals surface area (Å²) < 4.78 is 43.4. The number of halogens is 4. The fraction of sp³-hybridized carbons (Fsp3) is 0.235. The number of benzene rings is 1. The summed E-state index contributed by atoms with van der Waals surface area (Å²) in [5, 5.41) is 3.00. The number of pyridine rings is 1. The predicted molar refractivity (Wildman–Crippen MR) is 93.5 cm³/mol. The molecular formula is C17H14ClF3N4O2. The highest BCUT2D eigenvalue weighted by atomic mass is 35.5. The van der Waals surface area contributed by atoms with Crippen LogP contribution in [0.1, 0.15) is 28.4 Å². The van der Waals surface area contributed by atoms with Gasteiger partial charge < -0.3 is 15.8 Å². The number of alkyl halides is 2. The van der Waals surface area contributed by atoms with E-state index in [9.17, 15) is 18.0 Å². The number of amides is 1. The van der Waals surface area contributed by atoms with Crippen molar-refractivity contribution in [3.8, 4) is 0 Å². The molecule has 1 amide bonds. The van der Waals surface area contributed by atoms with Crippen LogP contribution in [0.5, 0.6) is 0 Å².